The lowest BCUT2D eigenvalue weighted by Gasteiger charge is -2.17. The first-order chi connectivity index (χ1) is 11.8. The van der Waals surface area contributed by atoms with Gasteiger partial charge in [-0.2, -0.15) is 0 Å². The van der Waals surface area contributed by atoms with Gasteiger partial charge in [0.05, 0.1) is 0 Å². The summed E-state index contributed by atoms with van der Waals surface area (Å²) >= 11 is 3.31. The highest BCUT2D eigenvalue weighted by atomic mass is 32.1. The Hall–Kier alpha value is -2.04. The first kappa shape index (κ1) is 14.3. The molecule has 0 amide bonds. The van der Waals surface area contributed by atoms with Gasteiger partial charge in [0.25, 0.3) is 0 Å². The van der Waals surface area contributed by atoms with Crippen molar-refractivity contribution in [3.8, 4) is 20.9 Å². The topological polar surface area (TPSA) is 34.1 Å². The standard InChI is InChI=1S/C20H14O2S2/c21-13-8-6-12-17(13)19(15-3-1-9-23-15)11-5-7-14(22)18(11)20(12)16-4-2-10-24-16/h1-4,9-10H,5-8H2. The van der Waals surface area contributed by atoms with E-state index in [0.29, 0.717) is 12.8 Å². The maximum absolute atomic E-state index is 12.7. The zero-order valence-corrected chi connectivity index (χ0v) is 14.6. The average molecular weight is 350 g/mol. The van der Waals surface area contributed by atoms with E-state index >= 15 is 0 Å². The second-order valence-corrected chi connectivity index (χ2v) is 8.15. The normalized spacial score (nSPS) is 15.8. The third-order valence-electron chi connectivity index (χ3n) is 5.00. The minimum atomic E-state index is 0.230. The molecular weight excluding hydrogens is 336 g/mol. The average Bonchev–Trinajstić information content (AvgIpc) is 3.34. The van der Waals surface area contributed by atoms with E-state index in [-0.39, 0.29) is 11.6 Å². The van der Waals surface area contributed by atoms with E-state index in [1.807, 2.05) is 22.9 Å². The van der Waals surface area contributed by atoms with Gasteiger partial charge in [-0.1, -0.05) is 12.1 Å². The van der Waals surface area contributed by atoms with Crippen LogP contribution in [0.1, 0.15) is 44.7 Å². The van der Waals surface area contributed by atoms with Crippen LogP contribution in [0.15, 0.2) is 35.0 Å². The molecule has 0 saturated heterocycles. The first-order valence-electron chi connectivity index (χ1n) is 8.11. The number of ketones is 2. The Morgan fingerprint density at radius 2 is 1.08 bits per heavy atom. The number of benzene rings is 1. The number of rotatable bonds is 2. The van der Waals surface area contributed by atoms with Crippen LogP contribution in [-0.2, 0) is 12.8 Å². The van der Waals surface area contributed by atoms with E-state index < -0.39 is 0 Å². The number of hydrogen-bond acceptors (Lipinski definition) is 4. The molecule has 2 nitrogen and oxygen atoms in total. The minimum Gasteiger partial charge on any atom is -0.294 e. The van der Waals surface area contributed by atoms with Crippen LogP contribution in [0.25, 0.3) is 20.9 Å². The van der Waals surface area contributed by atoms with Crippen molar-refractivity contribution in [2.45, 2.75) is 25.7 Å². The number of thiophene rings is 2. The molecular formula is C20H14O2S2. The van der Waals surface area contributed by atoms with Gasteiger partial charge < -0.3 is 0 Å². The molecule has 0 N–H and O–H groups in total. The zero-order chi connectivity index (χ0) is 16.3. The van der Waals surface area contributed by atoms with Gasteiger partial charge >= 0.3 is 0 Å². The predicted molar refractivity (Wildman–Crippen MR) is 98.4 cm³/mol. The van der Waals surface area contributed by atoms with Crippen molar-refractivity contribution in [1.29, 1.82) is 0 Å². The number of carbonyl (C=O) groups is 2. The van der Waals surface area contributed by atoms with E-state index in [1.54, 1.807) is 22.7 Å². The van der Waals surface area contributed by atoms with E-state index in [4.69, 9.17) is 0 Å². The molecule has 2 aliphatic rings. The molecule has 0 fully saturated rings. The molecule has 1 aromatic carbocycles. The Morgan fingerprint density at radius 3 is 1.46 bits per heavy atom. The van der Waals surface area contributed by atoms with Crippen LogP contribution in [-0.4, -0.2) is 11.6 Å². The van der Waals surface area contributed by atoms with Crippen molar-refractivity contribution in [3.05, 3.63) is 57.3 Å². The Morgan fingerprint density at radius 1 is 0.625 bits per heavy atom. The van der Waals surface area contributed by atoms with E-state index in [2.05, 4.69) is 12.1 Å². The van der Waals surface area contributed by atoms with Gasteiger partial charge in [0.15, 0.2) is 11.6 Å². The number of Topliss-reactive ketones (excluding diaryl/α,β-unsaturated/α-hetero) is 2. The lowest BCUT2D eigenvalue weighted by atomic mass is 9.87. The lowest BCUT2D eigenvalue weighted by Crippen LogP contribution is -2.05. The zero-order valence-electron chi connectivity index (χ0n) is 12.9. The molecule has 0 spiro atoms. The molecule has 0 bridgehead atoms. The largest absolute Gasteiger partial charge is 0.294 e. The molecule has 4 heteroatoms. The van der Waals surface area contributed by atoms with Gasteiger partial charge in [0.2, 0.25) is 0 Å². The second-order valence-electron chi connectivity index (χ2n) is 6.26. The van der Waals surface area contributed by atoms with E-state index in [0.717, 1.165) is 56.0 Å². The third kappa shape index (κ3) is 1.87. The molecule has 0 aliphatic heterocycles. The van der Waals surface area contributed by atoms with Crippen molar-refractivity contribution >= 4 is 34.2 Å². The van der Waals surface area contributed by atoms with E-state index in [1.165, 1.54) is 0 Å². The van der Waals surface area contributed by atoms with Crippen molar-refractivity contribution in [1.82, 2.24) is 0 Å². The Kier molecular flexibility index (Phi) is 3.12. The highest BCUT2D eigenvalue weighted by Crippen LogP contribution is 2.48. The van der Waals surface area contributed by atoms with Gasteiger partial charge in [0, 0.05) is 44.8 Å². The Labute approximate surface area is 147 Å². The third-order valence-corrected chi connectivity index (χ3v) is 6.78. The van der Waals surface area contributed by atoms with Gasteiger partial charge in [-0.25, -0.2) is 0 Å². The highest BCUT2D eigenvalue weighted by molar-refractivity contribution is 7.14. The number of fused-ring (bicyclic) bond motifs is 2. The molecule has 0 saturated carbocycles. The van der Waals surface area contributed by atoms with Crippen LogP contribution in [0.5, 0.6) is 0 Å². The molecule has 0 atom stereocenters. The summed E-state index contributed by atoms with van der Waals surface area (Å²) in [6, 6.07) is 8.17. The van der Waals surface area contributed by atoms with Gasteiger partial charge in [-0.15, -0.1) is 22.7 Å². The van der Waals surface area contributed by atoms with Gasteiger partial charge in [-0.05, 0) is 46.9 Å². The summed E-state index contributed by atoms with van der Waals surface area (Å²) in [6.45, 7) is 0. The molecule has 2 heterocycles. The molecule has 2 aromatic heterocycles. The van der Waals surface area contributed by atoms with Crippen LogP contribution in [0, 0.1) is 0 Å². The summed E-state index contributed by atoms with van der Waals surface area (Å²) in [4.78, 5) is 27.6. The number of carbonyl (C=O) groups excluding carboxylic acids is 2. The second kappa shape index (κ2) is 5.23. The Bertz CT molecular complexity index is 898. The molecule has 118 valence electrons. The fourth-order valence-corrected chi connectivity index (χ4v) is 5.69. The van der Waals surface area contributed by atoms with Gasteiger partial charge in [0.1, 0.15) is 0 Å². The molecule has 3 aromatic rings. The predicted octanol–water partition coefficient (Wildman–Crippen LogP) is 5.40. The van der Waals surface area contributed by atoms with Gasteiger partial charge in [-0.3, -0.25) is 9.59 Å². The van der Waals surface area contributed by atoms with Crippen molar-refractivity contribution in [2.75, 3.05) is 0 Å². The molecule has 24 heavy (non-hydrogen) atoms. The molecule has 0 unspecified atom stereocenters. The summed E-state index contributed by atoms with van der Waals surface area (Å²) in [5.41, 5.74) is 6.05. The smallest absolute Gasteiger partial charge is 0.164 e. The fourth-order valence-electron chi connectivity index (χ4n) is 4.08. The minimum absolute atomic E-state index is 0.230. The van der Waals surface area contributed by atoms with Crippen LogP contribution >= 0.6 is 22.7 Å². The Balaban J connectivity index is 1.95. The molecule has 0 radical (unpaired) electrons. The first-order valence-corrected chi connectivity index (χ1v) is 9.87. The quantitative estimate of drug-likeness (QED) is 0.620. The van der Waals surface area contributed by atoms with Crippen molar-refractivity contribution in [3.63, 3.8) is 0 Å². The van der Waals surface area contributed by atoms with Crippen molar-refractivity contribution in [2.24, 2.45) is 0 Å². The summed E-state index contributed by atoms with van der Waals surface area (Å²) in [5.74, 6) is 0.460. The SMILES string of the molecule is O=C1CCc2c1c(-c1cccs1)c1c(c2-c2cccs2)C(=O)CC1. The monoisotopic (exact) mass is 350 g/mol. The summed E-state index contributed by atoms with van der Waals surface area (Å²) in [7, 11) is 0. The van der Waals surface area contributed by atoms with Crippen LogP contribution < -0.4 is 0 Å². The summed E-state index contributed by atoms with van der Waals surface area (Å²) in [6.07, 6.45) is 2.62. The molecule has 5 rings (SSSR count). The highest BCUT2D eigenvalue weighted by Gasteiger charge is 2.36. The van der Waals surface area contributed by atoms with Crippen LogP contribution in [0.4, 0.5) is 0 Å². The summed E-state index contributed by atoms with van der Waals surface area (Å²) < 4.78 is 0. The maximum Gasteiger partial charge on any atom is 0.164 e. The maximum atomic E-state index is 12.7. The number of hydrogen-bond donors (Lipinski definition) is 0. The van der Waals surface area contributed by atoms with E-state index in [9.17, 15) is 9.59 Å². The fraction of sp³-hybridized carbons (Fsp3) is 0.200. The lowest BCUT2D eigenvalue weighted by molar-refractivity contribution is 0.0986. The van der Waals surface area contributed by atoms with Crippen LogP contribution in [0.3, 0.4) is 0 Å². The molecule has 2 aliphatic carbocycles. The van der Waals surface area contributed by atoms with Crippen molar-refractivity contribution < 1.29 is 9.59 Å². The summed E-state index contributed by atoms with van der Waals surface area (Å²) in [5, 5.41) is 4.08. The van der Waals surface area contributed by atoms with Crippen LogP contribution in [0.2, 0.25) is 0 Å².